The zero-order valence-electron chi connectivity index (χ0n) is 16.9. The molecule has 4 rings (SSSR count). The summed E-state index contributed by atoms with van der Waals surface area (Å²) in [6, 6.07) is 17.9. The lowest BCUT2D eigenvalue weighted by atomic mass is 10.1. The van der Waals surface area contributed by atoms with E-state index in [-0.39, 0.29) is 23.3 Å². The SMILES string of the molecule is CC1C(=N)N(C(=N)c2cccc(C#N)n2)CCN1C(=O)c1ccc(-c2cccs2)cc1. The number of nitrogens with zero attached hydrogens (tertiary/aromatic N) is 4. The second-order valence-corrected chi connectivity index (χ2v) is 8.08. The molecule has 1 aliphatic rings. The molecular weight excluding hydrogens is 408 g/mol. The number of piperazine rings is 1. The van der Waals surface area contributed by atoms with Crippen molar-refractivity contribution in [2.45, 2.75) is 13.0 Å². The van der Waals surface area contributed by atoms with Gasteiger partial charge in [0.25, 0.3) is 5.91 Å². The summed E-state index contributed by atoms with van der Waals surface area (Å²) in [5, 5.41) is 28.1. The van der Waals surface area contributed by atoms with Crippen LogP contribution in [0.3, 0.4) is 0 Å². The average molecular weight is 429 g/mol. The number of amidine groups is 2. The maximum atomic E-state index is 13.1. The minimum absolute atomic E-state index is 0.0568. The quantitative estimate of drug-likeness (QED) is 0.488. The molecule has 0 radical (unpaired) electrons. The highest BCUT2D eigenvalue weighted by Crippen LogP contribution is 2.25. The summed E-state index contributed by atoms with van der Waals surface area (Å²) in [5.74, 6) is 0.0797. The van der Waals surface area contributed by atoms with Crippen molar-refractivity contribution in [3.8, 4) is 16.5 Å². The van der Waals surface area contributed by atoms with Crippen LogP contribution in [-0.2, 0) is 0 Å². The van der Waals surface area contributed by atoms with E-state index >= 15 is 0 Å². The highest BCUT2D eigenvalue weighted by atomic mass is 32.1. The molecule has 1 aliphatic heterocycles. The molecule has 0 bridgehead atoms. The number of pyridine rings is 1. The predicted octanol–water partition coefficient (Wildman–Crippen LogP) is 3.83. The molecule has 1 atom stereocenters. The second kappa shape index (κ2) is 8.50. The van der Waals surface area contributed by atoms with Gasteiger partial charge in [-0.2, -0.15) is 5.26 Å². The number of rotatable bonds is 3. The standard InChI is InChI=1S/C23H20N6OS/c1-15-21(25)29(22(26)19-5-2-4-18(14-24)27-19)12-11-28(15)23(30)17-9-7-16(8-10-17)20-6-3-13-31-20/h2-10,13,15,25-26H,11-12H2,1H3. The Kier molecular flexibility index (Phi) is 5.60. The number of hydrogen-bond acceptors (Lipinski definition) is 6. The van der Waals surface area contributed by atoms with Gasteiger partial charge in [-0.3, -0.25) is 15.6 Å². The summed E-state index contributed by atoms with van der Waals surface area (Å²) in [4.78, 5) is 21.6. The molecule has 0 saturated carbocycles. The molecule has 3 aromatic rings. The van der Waals surface area contributed by atoms with Crippen molar-refractivity contribution in [1.82, 2.24) is 14.8 Å². The van der Waals surface area contributed by atoms with Crippen molar-refractivity contribution in [3.05, 3.63) is 76.9 Å². The molecule has 2 aromatic heterocycles. The van der Waals surface area contributed by atoms with Gasteiger partial charge in [0.15, 0.2) is 5.84 Å². The van der Waals surface area contributed by atoms with Gasteiger partial charge in [-0.05, 0) is 48.2 Å². The number of amides is 1. The Hall–Kier alpha value is -3.83. The lowest BCUT2D eigenvalue weighted by Gasteiger charge is -2.41. The first kappa shape index (κ1) is 20.4. The summed E-state index contributed by atoms with van der Waals surface area (Å²) in [6.07, 6.45) is 0. The third-order valence-electron chi connectivity index (χ3n) is 5.29. The molecule has 2 N–H and O–H groups in total. The molecule has 7 nitrogen and oxygen atoms in total. The summed E-state index contributed by atoms with van der Waals surface area (Å²) >= 11 is 1.65. The summed E-state index contributed by atoms with van der Waals surface area (Å²) in [6.45, 7) is 2.49. The summed E-state index contributed by atoms with van der Waals surface area (Å²) in [5.41, 5.74) is 2.20. The van der Waals surface area contributed by atoms with Crippen LogP contribution in [-0.4, -0.2) is 51.5 Å². The third kappa shape index (κ3) is 3.96. The van der Waals surface area contributed by atoms with E-state index in [2.05, 4.69) is 4.98 Å². The van der Waals surface area contributed by atoms with E-state index in [1.165, 1.54) is 4.90 Å². The molecular formula is C23H20N6OS. The Balaban J connectivity index is 1.49. The third-order valence-corrected chi connectivity index (χ3v) is 6.21. The fourth-order valence-electron chi connectivity index (χ4n) is 3.56. The van der Waals surface area contributed by atoms with E-state index in [0.29, 0.717) is 24.3 Å². The number of thiophene rings is 1. The number of carbonyl (C=O) groups excluding carboxylic acids is 1. The molecule has 0 aliphatic carbocycles. The lowest BCUT2D eigenvalue weighted by Crippen LogP contribution is -2.58. The van der Waals surface area contributed by atoms with Crippen molar-refractivity contribution in [3.63, 3.8) is 0 Å². The normalized spacial score (nSPS) is 16.1. The van der Waals surface area contributed by atoms with Crippen molar-refractivity contribution in [1.29, 1.82) is 16.1 Å². The van der Waals surface area contributed by atoms with Crippen LogP contribution in [0.2, 0.25) is 0 Å². The van der Waals surface area contributed by atoms with Gasteiger partial charge in [-0.1, -0.05) is 24.3 Å². The van der Waals surface area contributed by atoms with Gasteiger partial charge in [0.1, 0.15) is 23.3 Å². The fourth-order valence-corrected chi connectivity index (χ4v) is 4.29. The lowest BCUT2D eigenvalue weighted by molar-refractivity contribution is 0.0701. The summed E-state index contributed by atoms with van der Waals surface area (Å²) in [7, 11) is 0. The van der Waals surface area contributed by atoms with Crippen LogP contribution in [0.5, 0.6) is 0 Å². The number of hydrogen-bond donors (Lipinski definition) is 2. The number of aromatic nitrogens is 1. The Morgan fingerprint density at radius 2 is 1.94 bits per heavy atom. The first-order valence-corrected chi connectivity index (χ1v) is 10.6. The van der Waals surface area contributed by atoms with Gasteiger partial charge in [0.2, 0.25) is 0 Å². The van der Waals surface area contributed by atoms with E-state index in [1.54, 1.807) is 41.4 Å². The average Bonchev–Trinajstić information content (AvgIpc) is 3.35. The Bertz CT molecular complexity index is 1180. The molecule has 154 valence electrons. The van der Waals surface area contributed by atoms with Crippen LogP contribution in [0.4, 0.5) is 0 Å². The molecule has 8 heteroatoms. The fraction of sp³-hybridized carbons (Fsp3) is 0.174. The van der Waals surface area contributed by atoms with Crippen LogP contribution >= 0.6 is 11.3 Å². The van der Waals surface area contributed by atoms with Crippen LogP contribution in [0, 0.1) is 22.1 Å². The van der Waals surface area contributed by atoms with Crippen molar-refractivity contribution >= 4 is 28.9 Å². The topological polar surface area (TPSA) is 108 Å². The molecule has 3 heterocycles. The molecule has 1 aromatic carbocycles. The van der Waals surface area contributed by atoms with Crippen LogP contribution in [0.1, 0.15) is 28.7 Å². The zero-order chi connectivity index (χ0) is 22.0. The molecule has 1 saturated heterocycles. The number of nitrogens with one attached hydrogen (secondary N) is 2. The number of nitriles is 1. The van der Waals surface area contributed by atoms with Gasteiger partial charge < -0.3 is 9.80 Å². The van der Waals surface area contributed by atoms with Crippen LogP contribution < -0.4 is 0 Å². The minimum Gasteiger partial charge on any atom is -0.327 e. The van der Waals surface area contributed by atoms with Crippen molar-refractivity contribution in [2.24, 2.45) is 0 Å². The van der Waals surface area contributed by atoms with Gasteiger partial charge in [0.05, 0.1) is 6.04 Å². The first-order valence-electron chi connectivity index (χ1n) is 9.76. The number of carbonyl (C=O) groups is 1. The van der Waals surface area contributed by atoms with Gasteiger partial charge in [0, 0.05) is 23.5 Å². The summed E-state index contributed by atoms with van der Waals surface area (Å²) < 4.78 is 0. The van der Waals surface area contributed by atoms with Crippen molar-refractivity contribution in [2.75, 3.05) is 13.1 Å². The molecule has 1 unspecified atom stereocenters. The Labute approximate surface area is 184 Å². The van der Waals surface area contributed by atoms with Gasteiger partial charge >= 0.3 is 0 Å². The van der Waals surface area contributed by atoms with Gasteiger partial charge in [-0.25, -0.2) is 4.98 Å². The molecule has 0 spiro atoms. The van der Waals surface area contributed by atoms with E-state index in [0.717, 1.165) is 10.4 Å². The molecule has 1 amide bonds. The predicted molar refractivity (Wildman–Crippen MR) is 120 cm³/mol. The van der Waals surface area contributed by atoms with Crippen LogP contribution in [0.15, 0.2) is 60.0 Å². The van der Waals surface area contributed by atoms with Crippen LogP contribution in [0.25, 0.3) is 10.4 Å². The largest absolute Gasteiger partial charge is 0.327 e. The van der Waals surface area contributed by atoms with Gasteiger partial charge in [-0.15, -0.1) is 11.3 Å². The maximum absolute atomic E-state index is 13.1. The molecule has 1 fully saturated rings. The second-order valence-electron chi connectivity index (χ2n) is 7.13. The van der Waals surface area contributed by atoms with E-state index in [9.17, 15) is 4.79 Å². The zero-order valence-corrected chi connectivity index (χ0v) is 17.7. The minimum atomic E-state index is -0.488. The molecule has 31 heavy (non-hydrogen) atoms. The highest BCUT2D eigenvalue weighted by molar-refractivity contribution is 7.13. The monoisotopic (exact) mass is 428 g/mol. The maximum Gasteiger partial charge on any atom is 0.254 e. The Morgan fingerprint density at radius 1 is 1.16 bits per heavy atom. The number of benzene rings is 1. The van der Waals surface area contributed by atoms with E-state index in [4.69, 9.17) is 16.1 Å². The smallest absolute Gasteiger partial charge is 0.254 e. The Morgan fingerprint density at radius 3 is 2.61 bits per heavy atom. The highest BCUT2D eigenvalue weighted by Gasteiger charge is 2.34. The van der Waals surface area contributed by atoms with E-state index in [1.807, 2.05) is 47.8 Å². The van der Waals surface area contributed by atoms with Crippen molar-refractivity contribution < 1.29 is 4.79 Å². The van der Waals surface area contributed by atoms with E-state index < -0.39 is 6.04 Å². The first-order chi connectivity index (χ1) is 15.0.